The highest BCUT2D eigenvalue weighted by Gasteiger charge is 2.57. The second-order valence-corrected chi connectivity index (χ2v) is 22.1. The van der Waals surface area contributed by atoms with Gasteiger partial charge >= 0.3 is 0 Å². The molecule has 310 valence electrons. The second kappa shape index (κ2) is 18.3. The Morgan fingerprint density at radius 2 is 1.47 bits per heavy atom. The molecule has 0 saturated carbocycles. The van der Waals surface area contributed by atoms with Gasteiger partial charge in [-0.3, -0.25) is 19.4 Å². The SMILES string of the molecule is C/C(=C\c1cccc(O)c1)CC[C@@H](O)C1=C(CO[Si](c2ccccc2)(c2ccccc2)C(C)(C)C)C[C@H]2C(=O)N(C3CCN(Cc4ccccc4)CC3)C(=O)[C@H]2[C@H]1CO. The zero-order valence-electron chi connectivity index (χ0n) is 35.0. The molecule has 0 spiro atoms. The topological polar surface area (TPSA) is 111 Å². The van der Waals surface area contributed by atoms with Crippen molar-refractivity contribution in [3.8, 4) is 5.75 Å². The van der Waals surface area contributed by atoms with E-state index < -0.39 is 32.2 Å². The van der Waals surface area contributed by atoms with Crippen molar-refractivity contribution >= 4 is 36.6 Å². The van der Waals surface area contributed by atoms with Gasteiger partial charge in [-0.1, -0.05) is 136 Å². The van der Waals surface area contributed by atoms with Gasteiger partial charge in [-0.2, -0.15) is 0 Å². The van der Waals surface area contributed by atoms with E-state index in [0.29, 0.717) is 31.3 Å². The Kier molecular flexibility index (Phi) is 13.2. The number of aliphatic hydroxyl groups is 2. The number of amides is 2. The Morgan fingerprint density at radius 3 is 2.05 bits per heavy atom. The minimum Gasteiger partial charge on any atom is -0.508 e. The lowest BCUT2D eigenvalue weighted by atomic mass is 9.68. The summed E-state index contributed by atoms with van der Waals surface area (Å²) in [5, 5.41) is 35.5. The third-order valence-corrected chi connectivity index (χ3v) is 17.9. The van der Waals surface area contributed by atoms with Gasteiger partial charge < -0.3 is 19.7 Å². The number of phenols is 1. The maximum Gasteiger partial charge on any atom is 0.261 e. The highest BCUT2D eigenvalue weighted by Crippen LogP contribution is 2.48. The van der Waals surface area contributed by atoms with Crippen LogP contribution in [-0.4, -0.2) is 83.7 Å². The Balaban J connectivity index is 1.21. The van der Waals surface area contributed by atoms with Crippen molar-refractivity contribution < 1.29 is 29.3 Å². The van der Waals surface area contributed by atoms with Crippen molar-refractivity contribution in [1.29, 1.82) is 0 Å². The van der Waals surface area contributed by atoms with Crippen LogP contribution >= 0.6 is 0 Å². The summed E-state index contributed by atoms with van der Waals surface area (Å²) in [5.41, 5.74) is 4.57. The summed E-state index contributed by atoms with van der Waals surface area (Å²) in [5.74, 6) is -2.31. The minimum absolute atomic E-state index is 0.164. The quantitative estimate of drug-likeness (QED) is 0.0709. The van der Waals surface area contributed by atoms with Crippen LogP contribution in [0.25, 0.3) is 6.08 Å². The molecule has 2 saturated heterocycles. The van der Waals surface area contributed by atoms with Gasteiger partial charge in [0, 0.05) is 31.6 Å². The van der Waals surface area contributed by atoms with Gasteiger partial charge in [-0.05, 0) is 88.8 Å². The number of aliphatic hydroxyl groups excluding tert-OH is 2. The monoisotopic (exact) mass is 812 g/mol. The molecule has 0 unspecified atom stereocenters. The summed E-state index contributed by atoms with van der Waals surface area (Å²) in [6, 6.07) is 38.0. The molecule has 0 radical (unpaired) electrons. The van der Waals surface area contributed by atoms with Crippen molar-refractivity contribution in [2.24, 2.45) is 17.8 Å². The first-order chi connectivity index (χ1) is 28.4. The molecule has 4 aromatic carbocycles. The molecule has 7 rings (SSSR count). The highest BCUT2D eigenvalue weighted by atomic mass is 28.4. The number of hydrogen-bond donors (Lipinski definition) is 3. The number of likely N-dealkylation sites (tertiary alicyclic amines) is 2. The predicted octanol–water partition coefficient (Wildman–Crippen LogP) is 7.09. The number of hydrogen-bond acceptors (Lipinski definition) is 7. The van der Waals surface area contributed by atoms with Crippen LogP contribution in [0.15, 0.2) is 132 Å². The second-order valence-electron chi connectivity index (χ2n) is 17.8. The number of imide groups is 1. The first kappa shape index (κ1) is 42.5. The molecular formula is C50H60N2O6Si. The van der Waals surface area contributed by atoms with Crippen LogP contribution in [0.4, 0.5) is 0 Å². The lowest BCUT2D eigenvalue weighted by molar-refractivity contribution is -0.144. The van der Waals surface area contributed by atoms with Crippen molar-refractivity contribution in [2.45, 2.75) is 83.5 Å². The van der Waals surface area contributed by atoms with Crippen LogP contribution in [0.1, 0.15) is 70.9 Å². The summed E-state index contributed by atoms with van der Waals surface area (Å²) in [6.07, 6.45) is 3.62. The fraction of sp³-hybridized carbons (Fsp3) is 0.400. The molecule has 4 atom stereocenters. The van der Waals surface area contributed by atoms with Gasteiger partial charge in [0.15, 0.2) is 0 Å². The molecule has 59 heavy (non-hydrogen) atoms. The zero-order valence-corrected chi connectivity index (χ0v) is 36.0. The first-order valence-corrected chi connectivity index (χ1v) is 23.2. The molecule has 3 aliphatic rings. The van der Waals surface area contributed by atoms with Crippen LogP contribution in [0.3, 0.4) is 0 Å². The van der Waals surface area contributed by atoms with E-state index >= 15 is 0 Å². The summed E-state index contributed by atoms with van der Waals surface area (Å²) in [7, 11) is -3.03. The highest BCUT2D eigenvalue weighted by molar-refractivity contribution is 6.99. The van der Waals surface area contributed by atoms with Crippen molar-refractivity contribution in [2.75, 3.05) is 26.3 Å². The Bertz CT molecular complexity index is 2090. The van der Waals surface area contributed by atoms with Gasteiger partial charge in [-0.15, -0.1) is 0 Å². The predicted molar refractivity (Wildman–Crippen MR) is 236 cm³/mol. The van der Waals surface area contributed by atoms with Crippen molar-refractivity contribution in [3.63, 3.8) is 0 Å². The molecule has 2 heterocycles. The number of benzene rings is 4. The molecular weight excluding hydrogens is 753 g/mol. The van der Waals surface area contributed by atoms with Crippen molar-refractivity contribution in [3.05, 3.63) is 143 Å². The smallest absolute Gasteiger partial charge is 0.261 e. The number of phenolic OH excluding ortho intramolecular Hbond substituents is 1. The van der Waals surface area contributed by atoms with Gasteiger partial charge in [0.25, 0.3) is 8.32 Å². The lowest BCUT2D eigenvalue weighted by Crippen LogP contribution is -2.66. The molecule has 3 N–H and O–H groups in total. The van der Waals surface area contributed by atoms with Crippen molar-refractivity contribution in [1.82, 2.24) is 9.80 Å². The average molecular weight is 813 g/mol. The molecule has 1 aliphatic carbocycles. The van der Waals surface area contributed by atoms with E-state index in [4.69, 9.17) is 4.43 Å². The normalized spacial score (nSPS) is 21.6. The summed E-state index contributed by atoms with van der Waals surface area (Å²) in [4.78, 5) is 33.1. The molecule has 2 amide bonds. The number of nitrogens with zero attached hydrogens (tertiary/aromatic N) is 2. The fourth-order valence-electron chi connectivity index (χ4n) is 10.1. The maximum atomic E-state index is 14.6. The van der Waals surface area contributed by atoms with E-state index in [1.54, 1.807) is 18.2 Å². The minimum atomic E-state index is -3.03. The Morgan fingerprint density at radius 1 is 0.864 bits per heavy atom. The first-order valence-electron chi connectivity index (χ1n) is 21.3. The Labute approximate surface area is 351 Å². The number of piperidine rings is 1. The Hall–Kier alpha value is -4.64. The molecule has 0 bridgehead atoms. The van der Waals surface area contributed by atoms with E-state index in [1.807, 2.05) is 73.7 Å². The average Bonchev–Trinajstić information content (AvgIpc) is 3.48. The summed E-state index contributed by atoms with van der Waals surface area (Å²) >= 11 is 0. The van der Waals surface area contributed by atoms with Gasteiger partial charge in [0.2, 0.25) is 11.8 Å². The van der Waals surface area contributed by atoms with E-state index in [1.165, 1.54) is 10.5 Å². The summed E-state index contributed by atoms with van der Waals surface area (Å²) < 4.78 is 7.45. The maximum absolute atomic E-state index is 14.6. The fourth-order valence-corrected chi connectivity index (χ4v) is 14.6. The van der Waals surface area contributed by atoms with Gasteiger partial charge in [-0.25, -0.2) is 0 Å². The molecule has 9 heteroatoms. The molecule has 4 aromatic rings. The number of rotatable bonds is 14. The van der Waals surface area contributed by atoms with E-state index in [-0.39, 0.29) is 48.3 Å². The van der Waals surface area contributed by atoms with Gasteiger partial charge in [0.1, 0.15) is 5.75 Å². The molecule has 2 fully saturated rings. The number of carbonyl (C=O) groups is 2. The van der Waals surface area contributed by atoms with Gasteiger partial charge in [0.05, 0.1) is 31.2 Å². The summed E-state index contributed by atoms with van der Waals surface area (Å²) in [6.45, 7) is 10.9. The third kappa shape index (κ3) is 8.96. The van der Waals surface area contributed by atoms with Crippen LogP contribution in [0.5, 0.6) is 5.75 Å². The van der Waals surface area contributed by atoms with E-state index in [0.717, 1.165) is 46.7 Å². The number of fused-ring (bicyclic) bond motifs is 1. The number of allylic oxidation sites excluding steroid dienone is 1. The molecule has 8 nitrogen and oxygen atoms in total. The van der Waals surface area contributed by atoms with Crippen LogP contribution in [0.2, 0.25) is 5.04 Å². The largest absolute Gasteiger partial charge is 0.508 e. The molecule has 2 aliphatic heterocycles. The van der Waals surface area contributed by atoms with E-state index in [2.05, 4.69) is 62.1 Å². The number of carbonyl (C=O) groups excluding carboxylic acids is 2. The zero-order chi connectivity index (χ0) is 41.7. The standard InChI is InChI=1S/C50H60N2O6Si/c1-35(29-37-17-14-18-40(54)30-37)23-24-45(55)46-38(34-58-59(50(2,3)4,41-19-10-6-11-20-41)42-21-12-7-13-22-42)31-43-47(44(46)33-53)49(57)52(48(43)56)39-25-27-51(28-26-39)32-36-15-8-5-9-16-36/h5-22,29-30,39,43-45,47,53-55H,23-28,31-34H2,1-4H3/b35-29+/t43-,44+,45-,47-/m1/s1. The van der Waals surface area contributed by atoms with Crippen LogP contribution < -0.4 is 10.4 Å². The van der Waals surface area contributed by atoms with Crippen LogP contribution in [-0.2, 0) is 20.6 Å². The molecule has 0 aromatic heterocycles. The lowest BCUT2D eigenvalue weighted by Gasteiger charge is -2.44. The third-order valence-electron chi connectivity index (χ3n) is 12.9. The number of aromatic hydroxyl groups is 1. The van der Waals surface area contributed by atoms with Crippen LogP contribution in [0, 0.1) is 17.8 Å². The van der Waals surface area contributed by atoms with E-state index in [9.17, 15) is 24.9 Å².